The maximum atomic E-state index is 12.5. The Morgan fingerprint density at radius 2 is 2.03 bits per heavy atom. The van der Waals surface area contributed by atoms with Crippen LogP contribution in [0.15, 0.2) is 21.5 Å². The molecule has 1 N–H and O–H groups in total. The van der Waals surface area contributed by atoms with Crippen LogP contribution in [0.2, 0.25) is 0 Å². The monoisotopic (exact) mass is 442 g/mol. The minimum Gasteiger partial charge on any atom is -0.444 e. The number of hydrogen-bond donors (Lipinski definition) is 1. The topological polar surface area (TPSA) is 119 Å². The average molecular weight is 443 g/mol. The van der Waals surface area contributed by atoms with E-state index >= 15 is 0 Å². The average Bonchev–Trinajstić information content (AvgIpc) is 3.37. The quantitative estimate of drug-likeness (QED) is 0.642. The number of piperidine rings is 1. The van der Waals surface area contributed by atoms with Crippen LogP contribution in [0.3, 0.4) is 0 Å². The minimum atomic E-state index is -0.524. The van der Waals surface area contributed by atoms with Gasteiger partial charge in [0, 0.05) is 31.5 Å². The predicted octanol–water partition coefficient (Wildman–Crippen LogP) is 3.53. The Kier molecular flexibility index (Phi) is 6.03. The Hall–Kier alpha value is -3.17. The number of aromatic nitrogens is 5. The van der Waals surface area contributed by atoms with Gasteiger partial charge in [-0.3, -0.25) is 4.79 Å². The highest BCUT2D eigenvalue weighted by Gasteiger charge is 2.29. The fourth-order valence-electron chi connectivity index (χ4n) is 3.94. The van der Waals surface area contributed by atoms with Crippen molar-refractivity contribution in [2.45, 2.75) is 71.3 Å². The molecule has 0 aromatic carbocycles. The van der Waals surface area contributed by atoms with Gasteiger partial charge in [-0.1, -0.05) is 13.3 Å². The number of nitrogens with zero attached hydrogens (tertiary/aromatic N) is 5. The van der Waals surface area contributed by atoms with Crippen LogP contribution < -0.4 is 5.56 Å². The summed E-state index contributed by atoms with van der Waals surface area (Å²) in [5.74, 6) is 1.02. The number of aryl methyl sites for hydroxylation is 1. The molecule has 1 aliphatic rings. The lowest BCUT2D eigenvalue weighted by Gasteiger charge is -2.33. The third-order valence-corrected chi connectivity index (χ3v) is 5.54. The maximum Gasteiger partial charge on any atom is 0.410 e. The lowest BCUT2D eigenvalue weighted by Crippen LogP contribution is -2.41. The summed E-state index contributed by atoms with van der Waals surface area (Å²) < 4.78 is 13.0. The van der Waals surface area contributed by atoms with Crippen LogP contribution in [0.25, 0.3) is 17.1 Å². The van der Waals surface area contributed by atoms with Crippen molar-refractivity contribution in [1.29, 1.82) is 0 Å². The Balaban J connectivity index is 1.55. The van der Waals surface area contributed by atoms with E-state index in [1.807, 2.05) is 20.8 Å². The van der Waals surface area contributed by atoms with E-state index in [9.17, 15) is 9.59 Å². The van der Waals surface area contributed by atoms with E-state index in [1.165, 1.54) is 0 Å². The molecule has 172 valence electrons. The molecule has 0 saturated carbocycles. The van der Waals surface area contributed by atoms with Crippen molar-refractivity contribution in [3.63, 3.8) is 0 Å². The summed E-state index contributed by atoms with van der Waals surface area (Å²) in [5.41, 5.74) is 1.21. The molecular weight excluding hydrogens is 412 g/mol. The molecule has 4 rings (SSSR count). The number of ether oxygens (including phenoxy) is 1. The number of unbranched alkanes of at least 4 members (excludes halogenated alkanes) is 1. The number of fused-ring (bicyclic) bond motifs is 1. The SMILES string of the molecule is CCCCc1nnc(-c2cnn3c(C4CCN(C(=O)OC(C)(C)C)CC4)cc(=O)[nH]c23)o1. The van der Waals surface area contributed by atoms with E-state index in [-0.39, 0.29) is 17.6 Å². The van der Waals surface area contributed by atoms with Gasteiger partial charge in [0.05, 0.1) is 11.9 Å². The number of carbonyl (C=O) groups is 1. The number of nitrogens with one attached hydrogen (secondary N) is 1. The molecule has 32 heavy (non-hydrogen) atoms. The van der Waals surface area contributed by atoms with Crippen LogP contribution in [0.1, 0.15) is 70.9 Å². The molecule has 0 spiro atoms. The summed E-state index contributed by atoms with van der Waals surface area (Å²) in [6, 6.07) is 1.58. The number of rotatable bonds is 5. The van der Waals surface area contributed by atoms with Gasteiger partial charge in [-0.25, -0.2) is 9.31 Å². The molecule has 0 unspecified atom stereocenters. The smallest absolute Gasteiger partial charge is 0.410 e. The van der Waals surface area contributed by atoms with Gasteiger partial charge in [0.2, 0.25) is 5.89 Å². The van der Waals surface area contributed by atoms with Gasteiger partial charge in [0.15, 0.2) is 0 Å². The first-order valence-electron chi connectivity index (χ1n) is 11.2. The zero-order chi connectivity index (χ0) is 22.9. The third kappa shape index (κ3) is 4.68. The molecule has 0 radical (unpaired) electrons. The standard InChI is InChI=1S/C22H30N6O4/c1-5-6-7-18-25-26-20(31-18)15-13-23-28-16(12-17(29)24-19(15)28)14-8-10-27(11-9-14)21(30)32-22(2,3)4/h12-14H,5-11H2,1-4H3,(H,24,29). The second-order valence-electron chi connectivity index (χ2n) is 9.22. The number of H-pyrrole nitrogens is 1. The van der Waals surface area contributed by atoms with Crippen molar-refractivity contribution in [1.82, 2.24) is 29.7 Å². The second kappa shape index (κ2) is 8.76. The van der Waals surface area contributed by atoms with Crippen molar-refractivity contribution in [3.8, 4) is 11.5 Å². The van der Waals surface area contributed by atoms with Gasteiger partial charge >= 0.3 is 6.09 Å². The van der Waals surface area contributed by atoms with Gasteiger partial charge in [-0.05, 0) is 40.0 Å². The lowest BCUT2D eigenvalue weighted by molar-refractivity contribution is 0.0203. The molecule has 4 heterocycles. The highest BCUT2D eigenvalue weighted by atomic mass is 16.6. The molecule has 1 saturated heterocycles. The Bertz CT molecular complexity index is 1150. The maximum absolute atomic E-state index is 12.5. The zero-order valence-corrected chi connectivity index (χ0v) is 19.1. The summed E-state index contributed by atoms with van der Waals surface area (Å²) in [5, 5.41) is 12.7. The normalized spacial score (nSPS) is 15.4. The van der Waals surface area contributed by atoms with Crippen molar-refractivity contribution in [2.24, 2.45) is 0 Å². The molecule has 0 aliphatic carbocycles. The number of likely N-dealkylation sites (tertiary alicyclic amines) is 1. The van der Waals surface area contributed by atoms with Crippen LogP contribution in [0, 0.1) is 0 Å². The third-order valence-electron chi connectivity index (χ3n) is 5.54. The van der Waals surface area contributed by atoms with Crippen LogP contribution in [0.4, 0.5) is 4.79 Å². The Morgan fingerprint density at radius 1 is 1.28 bits per heavy atom. The first kappa shape index (κ1) is 22.0. The number of amides is 1. The molecule has 1 fully saturated rings. The molecule has 10 nitrogen and oxygen atoms in total. The number of carbonyl (C=O) groups excluding carboxylic acids is 1. The van der Waals surface area contributed by atoms with E-state index in [1.54, 1.807) is 21.7 Å². The fraction of sp³-hybridized carbons (Fsp3) is 0.591. The molecule has 1 amide bonds. The predicted molar refractivity (Wildman–Crippen MR) is 117 cm³/mol. The highest BCUT2D eigenvalue weighted by molar-refractivity contribution is 5.71. The molecule has 3 aromatic heterocycles. The van der Waals surface area contributed by atoms with Gasteiger partial charge in [0.25, 0.3) is 11.4 Å². The van der Waals surface area contributed by atoms with Crippen molar-refractivity contribution < 1.29 is 13.9 Å². The van der Waals surface area contributed by atoms with E-state index in [0.717, 1.165) is 25.0 Å². The van der Waals surface area contributed by atoms with Crippen LogP contribution >= 0.6 is 0 Å². The van der Waals surface area contributed by atoms with Crippen molar-refractivity contribution in [3.05, 3.63) is 34.2 Å². The molecule has 0 atom stereocenters. The first-order chi connectivity index (χ1) is 15.2. The number of aromatic amines is 1. The van der Waals surface area contributed by atoms with Gasteiger partial charge < -0.3 is 19.0 Å². The first-order valence-corrected chi connectivity index (χ1v) is 11.2. The van der Waals surface area contributed by atoms with E-state index in [2.05, 4.69) is 27.2 Å². The van der Waals surface area contributed by atoms with E-state index < -0.39 is 5.60 Å². The van der Waals surface area contributed by atoms with Gasteiger partial charge in [0.1, 0.15) is 16.8 Å². The van der Waals surface area contributed by atoms with E-state index in [0.29, 0.717) is 48.9 Å². The fourth-order valence-corrected chi connectivity index (χ4v) is 3.94. The Labute approximate surface area is 186 Å². The Morgan fingerprint density at radius 3 is 2.72 bits per heavy atom. The van der Waals surface area contributed by atoms with Gasteiger partial charge in [-0.2, -0.15) is 5.10 Å². The molecule has 3 aromatic rings. The van der Waals surface area contributed by atoms with Crippen molar-refractivity contribution >= 4 is 11.7 Å². The second-order valence-corrected chi connectivity index (χ2v) is 9.22. The summed E-state index contributed by atoms with van der Waals surface area (Å²) in [4.78, 5) is 29.4. The lowest BCUT2D eigenvalue weighted by atomic mass is 9.93. The van der Waals surface area contributed by atoms with Crippen molar-refractivity contribution in [2.75, 3.05) is 13.1 Å². The van der Waals surface area contributed by atoms with Crippen LogP contribution in [-0.4, -0.2) is 54.5 Å². The zero-order valence-electron chi connectivity index (χ0n) is 19.1. The van der Waals surface area contributed by atoms with Crippen LogP contribution in [-0.2, 0) is 11.2 Å². The summed E-state index contributed by atoms with van der Waals surface area (Å²) >= 11 is 0. The van der Waals surface area contributed by atoms with Gasteiger partial charge in [-0.15, -0.1) is 10.2 Å². The molecular formula is C22H30N6O4. The largest absolute Gasteiger partial charge is 0.444 e. The summed E-state index contributed by atoms with van der Waals surface area (Å²) in [6.07, 6.45) is 5.51. The number of hydrogen-bond acceptors (Lipinski definition) is 7. The molecule has 0 bridgehead atoms. The van der Waals surface area contributed by atoms with E-state index in [4.69, 9.17) is 9.15 Å². The van der Waals surface area contributed by atoms with Crippen LogP contribution in [0.5, 0.6) is 0 Å². The molecule has 1 aliphatic heterocycles. The minimum absolute atomic E-state index is 0.0917. The molecule has 10 heteroatoms. The highest BCUT2D eigenvalue weighted by Crippen LogP contribution is 2.30. The summed E-state index contributed by atoms with van der Waals surface area (Å²) in [7, 11) is 0. The summed E-state index contributed by atoms with van der Waals surface area (Å²) in [6.45, 7) is 8.80.